The minimum Gasteiger partial charge on any atom is -0.545 e. The number of carbonyl (C=O) groups is 1. The molecule has 0 spiro atoms. The average Bonchev–Trinajstić information content (AvgIpc) is 2.78. The normalized spacial score (nSPS) is 10.7. The van der Waals surface area contributed by atoms with Crippen molar-refractivity contribution in [3.8, 4) is 5.69 Å². The number of carboxylic acid groups (broad SMARTS) is 1. The lowest BCUT2D eigenvalue weighted by atomic mass is 10.1. The number of halogens is 1. The Hall–Kier alpha value is -1.81. The van der Waals surface area contributed by atoms with E-state index in [1.54, 1.807) is 16.8 Å². The van der Waals surface area contributed by atoms with Crippen LogP contribution in [-0.4, -0.2) is 15.7 Å². The minimum absolute atomic E-state index is 0.208. The van der Waals surface area contributed by atoms with Crippen LogP contribution in [0.15, 0.2) is 24.3 Å². The van der Waals surface area contributed by atoms with Gasteiger partial charge in [-0.2, -0.15) is 5.10 Å². The number of carbonyl (C=O) groups excluding carboxylic acids is 1. The van der Waals surface area contributed by atoms with E-state index in [0.29, 0.717) is 29.3 Å². The Balaban J connectivity index is 2.63. The maximum atomic E-state index is 11.3. The van der Waals surface area contributed by atoms with Crippen LogP contribution in [0.3, 0.4) is 0 Å². The molecule has 2 aromatic rings. The van der Waals surface area contributed by atoms with Gasteiger partial charge in [0.2, 0.25) is 0 Å². The minimum atomic E-state index is -1.17. The molecular weight excluding hydrogens is 264 g/mol. The molecule has 0 aliphatic heterocycles. The van der Waals surface area contributed by atoms with E-state index in [-0.39, 0.29) is 5.56 Å². The first-order valence-corrected chi connectivity index (χ1v) is 6.54. The summed E-state index contributed by atoms with van der Waals surface area (Å²) < 4.78 is 1.65. The molecule has 0 unspecified atom stereocenters. The van der Waals surface area contributed by atoms with Gasteiger partial charge in [0.25, 0.3) is 0 Å². The van der Waals surface area contributed by atoms with Gasteiger partial charge in [-0.25, -0.2) is 4.68 Å². The van der Waals surface area contributed by atoms with Gasteiger partial charge in [0.1, 0.15) is 0 Å². The molecule has 100 valence electrons. The summed E-state index contributed by atoms with van der Waals surface area (Å²) >= 11 is 5.85. The molecule has 0 fully saturated rings. The zero-order chi connectivity index (χ0) is 14.0. The third-order valence-electron chi connectivity index (χ3n) is 3.00. The van der Waals surface area contributed by atoms with Crippen molar-refractivity contribution in [2.75, 3.05) is 0 Å². The number of rotatable bonds is 4. The number of hydrogen-bond acceptors (Lipinski definition) is 3. The van der Waals surface area contributed by atoms with Crippen LogP contribution in [-0.2, 0) is 12.8 Å². The Kier molecular flexibility index (Phi) is 3.90. The molecule has 0 N–H and O–H groups in total. The van der Waals surface area contributed by atoms with Crippen molar-refractivity contribution in [2.45, 2.75) is 26.7 Å². The highest BCUT2D eigenvalue weighted by atomic mass is 35.5. The molecule has 2 rings (SSSR count). The highest BCUT2D eigenvalue weighted by Gasteiger charge is 2.17. The zero-order valence-electron chi connectivity index (χ0n) is 10.8. The monoisotopic (exact) mass is 277 g/mol. The van der Waals surface area contributed by atoms with Crippen LogP contribution in [0.25, 0.3) is 5.69 Å². The van der Waals surface area contributed by atoms with Gasteiger partial charge in [-0.1, -0.05) is 25.4 Å². The number of carboxylic acids is 1. The molecule has 1 aromatic carbocycles. The SMILES string of the molecule is CCc1nn(-c2ccc(Cl)cc2)c(CC)c1C(=O)[O-]. The average molecular weight is 278 g/mol. The van der Waals surface area contributed by atoms with Crippen molar-refractivity contribution >= 4 is 17.6 Å². The molecule has 0 saturated carbocycles. The maximum Gasteiger partial charge on any atom is 0.0752 e. The van der Waals surface area contributed by atoms with Gasteiger partial charge >= 0.3 is 0 Å². The summed E-state index contributed by atoms with van der Waals surface area (Å²) in [5.74, 6) is -1.17. The van der Waals surface area contributed by atoms with Gasteiger partial charge in [-0.15, -0.1) is 0 Å². The molecule has 0 atom stereocenters. The van der Waals surface area contributed by atoms with Crippen LogP contribution < -0.4 is 5.11 Å². The highest BCUT2D eigenvalue weighted by molar-refractivity contribution is 6.30. The molecule has 0 amide bonds. The van der Waals surface area contributed by atoms with E-state index < -0.39 is 5.97 Å². The fourth-order valence-electron chi connectivity index (χ4n) is 2.11. The maximum absolute atomic E-state index is 11.3. The summed E-state index contributed by atoms with van der Waals surface area (Å²) in [7, 11) is 0. The Morgan fingerprint density at radius 2 is 1.89 bits per heavy atom. The van der Waals surface area contributed by atoms with E-state index in [1.165, 1.54) is 0 Å². The quantitative estimate of drug-likeness (QED) is 0.859. The zero-order valence-corrected chi connectivity index (χ0v) is 11.6. The largest absolute Gasteiger partial charge is 0.545 e. The summed E-state index contributed by atoms with van der Waals surface area (Å²) in [6.07, 6.45) is 1.12. The topological polar surface area (TPSA) is 58.0 Å². The second-order valence-electron chi connectivity index (χ2n) is 4.15. The lowest BCUT2D eigenvalue weighted by molar-refractivity contribution is -0.255. The molecule has 0 radical (unpaired) electrons. The summed E-state index contributed by atoms with van der Waals surface area (Å²) in [6, 6.07) is 7.13. The molecule has 0 aliphatic rings. The van der Waals surface area contributed by atoms with Crippen LogP contribution in [0.2, 0.25) is 5.02 Å². The number of aromatic carboxylic acids is 1. The molecule has 1 heterocycles. The molecular formula is C14H14ClN2O2-. The number of hydrogen-bond donors (Lipinski definition) is 0. The molecule has 19 heavy (non-hydrogen) atoms. The van der Waals surface area contributed by atoms with E-state index >= 15 is 0 Å². The predicted octanol–water partition coefficient (Wildman–Crippen LogP) is 2.01. The molecule has 1 aromatic heterocycles. The fraction of sp³-hybridized carbons (Fsp3) is 0.286. The van der Waals surface area contributed by atoms with Crippen molar-refractivity contribution in [1.29, 1.82) is 0 Å². The summed E-state index contributed by atoms with van der Waals surface area (Å²) in [4.78, 5) is 11.3. The van der Waals surface area contributed by atoms with Crippen LogP contribution in [0, 0.1) is 0 Å². The first-order chi connectivity index (χ1) is 9.08. The fourth-order valence-corrected chi connectivity index (χ4v) is 2.24. The predicted molar refractivity (Wildman–Crippen MR) is 71.7 cm³/mol. The number of aromatic nitrogens is 2. The van der Waals surface area contributed by atoms with Gasteiger partial charge in [0, 0.05) is 10.6 Å². The standard InChI is InChI=1S/C14H15ClN2O2/c1-3-11-13(14(18)19)12(4-2)17(16-11)10-7-5-9(15)6-8-10/h5-8H,3-4H2,1-2H3,(H,18,19)/p-1. The second-order valence-corrected chi connectivity index (χ2v) is 4.59. The Morgan fingerprint density at radius 3 is 2.37 bits per heavy atom. The molecule has 0 bridgehead atoms. The van der Waals surface area contributed by atoms with Crippen LogP contribution >= 0.6 is 11.6 Å². The third kappa shape index (κ3) is 2.49. The summed E-state index contributed by atoms with van der Waals surface area (Å²) in [6.45, 7) is 3.77. The van der Waals surface area contributed by atoms with Gasteiger partial charge in [-0.3, -0.25) is 0 Å². The van der Waals surface area contributed by atoms with Crippen LogP contribution in [0.1, 0.15) is 35.6 Å². The van der Waals surface area contributed by atoms with E-state index in [1.807, 2.05) is 26.0 Å². The van der Waals surface area contributed by atoms with E-state index in [0.717, 1.165) is 5.69 Å². The Labute approximate surface area is 116 Å². The van der Waals surface area contributed by atoms with Gasteiger partial charge in [-0.05, 0) is 37.1 Å². The van der Waals surface area contributed by atoms with Gasteiger partial charge in [0.15, 0.2) is 0 Å². The Morgan fingerprint density at radius 1 is 1.26 bits per heavy atom. The number of nitrogens with zero attached hydrogens (tertiary/aromatic N) is 2. The summed E-state index contributed by atoms with van der Waals surface area (Å²) in [5, 5.41) is 16.3. The first kappa shape index (κ1) is 13.6. The van der Waals surface area contributed by atoms with Crippen molar-refractivity contribution in [3.63, 3.8) is 0 Å². The van der Waals surface area contributed by atoms with Crippen molar-refractivity contribution in [2.24, 2.45) is 0 Å². The molecule has 4 nitrogen and oxygen atoms in total. The Bertz CT molecular complexity index is 603. The number of aryl methyl sites for hydroxylation is 1. The van der Waals surface area contributed by atoms with E-state index in [2.05, 4.69) is 5.10 Å². The molecule has 0 saturated heterocycles. The van der Waals surface area contributed by atoms with Crippen LogP contribution in [0.5, 0.6) is 0 Å². The molecule has 0 aliphatic carbocycles. The number of benzene rings is 1. The summed E-state index contributed by atoms with van der Waals surface area (Å²) in [5.41, 5.74) is 2.20. The van der Waals surface area contributed by atoms with Gasteiger partial charge < -0.3 is 9.90 Å². The molecule has 5 heteroatoms. The van der Waals surface area contributed by atoms with Crippen molar-refractivity contribution in [3.05, 3.63) is 46.2 Å². The first-order valence-electron chi connectivity index (χ1n) is 6.16. The van der Waals surface area contributed by atoms with Gasteiger partial charge in [0.05, 0.1) is 23.0 Å². The lowest BCUT2D eigenvalue weighted by Crippen LogP contribution is -2.24. The second kappa shape index (κ2) is 5.45. The lowest BCUT2D eigenvalue weighted by Gasteiger charge is -2.08. The smallest absolute Gasteiger partial charge is 0.0752 e. The van der Waals surface area contributed by atoms with Crippen molar-refractivity contribution in [1.82, 2.24) is 9.78 Å². The van der Waals surface area contributed by atoms with E-state index in [4.69, 9.17) is 11.6 Å². The van der Waals surface area contributed by atoms with Crippen molar-refractivity contribution < 1.29 is 9.90 Å². The highest BCUT2D eigenvalue weighted by Crippen LogP contribution is 2.21. The van der Waals surface area contributed by atoms with Crippen LogP contribution in [0.4, 0.5) is 0 Å². The third-order valence-corrected chi connectivity index (χ3v) is 3.25. The van der Waals surface area contributed by atoms with E-state index in [9.17, 15) is 9.90 Å².